The summed E-state index contributed by atoms with van der Waals surface area (Å²) in [6.45, 7) is 5.57. The van der Waals surface area contributed by atoms with E-state index in [9.17, 15) is 0 Å². The molecule has 1 fully saturated rings. The zero-order valence-electron chi connectivity index (χ0n) is 16.2. The Labute approximate surface area is 166 Å². The fourth-order valence-electron chi connectivity index (χ4n) is 4.35. The maximum absolute atomic E-state index is 4.15. The van der Waals surface area contributed by atoms with E-state index in [0.717, 1.165) is 19.6 Å². The first-order valence-electron chi connectivity index (χ1n) is 10.2. The molecule has 0 bridgehead atoms. The van der Waals surface area contributed by atoms with Gasteiger partial charge in [0.15, 0.2) is 0 Å². The van der Waals surface area contributed by atoms with E-state index in [1.807, 2.05) is 18.7 Å². The average molecular weight is 371 g/mol. The number of fused-ring (bicyclic) bond motifs is 1. The molecular weight excluding hydrogens is 344 g/mol. The van der Waals surface area contributed by atoms with Gasteiger partial charge in [-0.25, -0.2) is 4.98 Å². The third-order valence-electron chi connectivity index (χ3n) is 5.83. The molecule has 4 nitrogen and oxygen atoms in total. The number of hydrogen-bond donors (Lipinski definition) is 0. The van der Waals surface area contributed by atoms with Crippen LogP contribution >= 0.6 is 0 Å². The summed E-state index contributed by atoms with van der Waals surface area (Å²) in [5.41, 5.74) is 5.21. The van der Waals surface area contributed by atoms with E-state index in [0.29, 0.717) is 0 Å². The first-order chi connectivity index (χ1) is 13.9. The zero-order chi connectivity index (χ0) is 18.8. The Hall–Kier alpha value is -2.85. The third-order valence-corrected chi connectivity index (χ3v) is 5.83. The molecule has 0 unspecified atom stereocenters. The van der Waals surface area contributed by atoms with Crippen LogP contribution in [-0.2, 0) is 13.1 Å². The number of nitrogens with zero attached hydrogens (tertiary/aromatic N) is 4. The fraction of sp³-hybridized carbons (Fsp3) is 0.292. The molecule has 1 aliphatic heterocycles. The molecule has 3 heterocycles. The van der Waals surface area contributed by atoms with Gasteiger partial charge >= 0.3 is 0 Å². The summed E-state index contributed by atoms with van der Waals surface area (Å²) < 4.78 is 4.51. The third kappa shape index (κ3) is 3.48. The second-order valence-corrected chi connectivity index (χ2v) is 7.73. The molecule has 0 aliphatic carbocycles. The highest BCUT2D eigenvalue weighted by Crippen LogP contribution is 2.30. The van der Waals surface area contributed by atoms with Crippen LogP contribution in [0.4, 0.5) is 0 Å². The van der Waals surface area contributed by atoms with E-state index in [1.54, 1.807) is 0 Å². The van der Waals surface area contributed by atoms with Gasteiger partial charge in [-0.05, 0) is 60.8 Å². The van der Waals surface area contributed by atoms with E-state index in [-0.39, 0.29) is 0 Å². The number of benzene rings is 2. The largest absolute Gasteiger partial charge is 0.346 e. The van der Waals surface area contributed by atoms with E-state index in [4.69, 9.17) is 0 Å². The van der Waals surface area contributed by atoms with Gasteiger partial charge in [0.25, 0.3) is 0 Å². The van der Waals surface area contributed by atoms with Crippen LogP contribution in [0.1, 0.15) is 18.4 Å². The molecule has 0 atom stereocenters. The summed E-state index contributed by atoms with van der Waals surface area (Å²) in [7, 11) is 0. The molecule has 1 saturated heterocycles. The summed E-state index contributed by atoms with van der Waals surface area (Å²) in [5.74, 6) is 0. The molecule has 2 aromatic carbocycles. The molecule has 2 aromatic heterocycles. The van der Waals surface area contributed by atoms with Crippen molar-refractivity contribution in [1.29, 1.82) is 0 Å². The molecule has 28 heavy (non-hydrogen) atoms. The lowest BCUT2D eigenvalue weighted by Crippen LogP contribution is -2.23. The van der Waals surface area contributed by atoms with Crippen LogP contribution in [0.5, 0.6) is 0 Å². The van der Waals surface area contributed by atoms with Crippen LogP contribution in [0.3, 0.4) is 0 Å². The van der Waals surface area contributed by atoms with Crippen molar-refractivity contribution in [3.63, 3.8) is 0 Å². The molecule has 4 heteroatoms. The Morgan fingerprint density at radius 3 is 2.64 bits per heavy atom. The SMILES string of the molecule is c1cc(Cn2ccnc2)cc(-c2cccc3c2ccn3CCN2CCCC2)c1. The van der Waals surface area contributed by atoms with Crippen molar-refractivity contribution < 1.29 is 0 Å². The quantitative estimate of drug-likeness (QED) is 0.494. The standard InChI is InChI=1S/C24H26N4/c1-2-12-26(11-1)15-16-28-13-9-23-22(7-4-8-24(23)28)21-6-3-5-20(17-21)18-27-14-10-25-19-27/h3-10,13-14,17,19H,1-2,11-12,15-16,18H2. The van der Waals surface area contributed by atoms with Gasteiger partial charge in [0, 0.05) is 49.1 Å². The number of likely N-dealkylation sites (tertiary alicyclic amines) is 1. The van der Waals surface area contributed by atoms with Crippen molar-refractivity contribution in [3.05, 3.63) is 79.0 Å². The van der Waals surface area contributed by atoms with Crippen molar-refractivity contribution in [2.75, 3.05) is 19.6 Å². The van der Waals surface area contributed by atoms with Gasteiger partial charge in [-0.1, -0.05) is 30.3 Å². The van der Waals surface area contributed by atoms with E-state index in [1.165, 1.54) is 53.5 Å². The van der Waals surface area contributed by atoms with Crippen molar-refractivity contribution in [1.82, 2.24) is 19.0 Å². The van der Waals surface area contributed by atoms with Gasteiger partial charge < -0.3 is 14.0 Å². The highest BCUT2D eigenvalue weighted by atomic mass is 15.2. The van der Waals surface area contributed by atoms with Gasteiger partial charge in [-0.3, -0.25) is 0 Å². The molecule has 0 amide bonds. The summed E-state index contributed by atoms with van der Waals surface area (Å²) in [4.78, 5) is 6.72. The normalized spacial score (nSPS) is 14.9. The average Bonchev–Trinajstić information content (AvgIpc) is 3.48. The van der Waals surface area contributed by atoms with Crippen LogP contribution in [0.15, 0.2) is 73.4 Å². The number of hydrogen-bond acceptors (Lipinski definition) is 2. The van der Waals surface area contributed by atoms with Gasteiger partial charge in [-0.2, -0.15) is 0 Å². The first-order valence-corrected chi connectivity index (χ1v) is 10.2. The minimum Gasteiger partial charge on any atom is -0.346 e. The highest BCUT2D eigenvalue weighted by molar-refractivity contribution is 5.95. The van der Waals surface area contributed by atoms with Crippen LogP contribution in [0.2, 0.25) is 0 Å². The molecule has 142 valence electrons. The predicted octanol–water partition coefficient (Wildman–Crippen LogP) is 4.65. The van der Waals surface area contributed by atoms with Crippen molar-refractivity contribution in [3.8, 4) is 11.1 Å². The Balaban J connectivity index is 1.43. The van der Waals surface area contributed by atoms with Crippen LogP contribution < -0.4 is 0 Å². The van der Waals surface area contributed by atoms with E-state index < -0.39 is 0 Å². The number of imidazole rings is 1. The zero-order valence-corrected chi connectivity index (χ0v) is 16.2. The van der Waals surface area contributed by atoms with Gasteiger partial charge in [0.2, 0.25) is 0 Å². The lowest BCUT2D eigenvalue weighted by atomic mass is 10.00. The second kappa shape index (κ2) is 7.64. The molecule has 0 saturated carbocycles. The summed E-state index contributed by atoms with van der Waals surface area (Å²) in [6.07, 6.45) is 10.7. The molecule has 4 aromatic rings. The van der Waals surface area contributed by atoms with Crippen LogP contribution in [0, 0.1) is 0 Å². The molecule has 5 rings (SSSR count). The lowest BCUT2D eigenvalue weighted by Gasteiger charge is -2.15. The monoisotopic (exact) mass is 370 g/mol. The number of aromatic nitrogens is 3. The van der Waals surface area contributed by atoms with Crippen molar-refractivity contribution >= 4 is 10.9 Å². The molecule has 0 radical (unpaired) electrons. The highest BCUT2D eigenvalue weighted by Gasteiger charge is 2.12. The molecule has 0 N–H and O–H groups in total. The molecule has 1 aliphatic rings. The van der Waals surface area contributed by atoms with E-state index >= 15 is 0 Å². The topological polar surface area (TPSA) is 26.0 Å². The summed E-state index contributed by atoms with van der Waals surface area (Å²) in [6, 6.07) is 17.8. The maximum atomic E-state index is 4.15. The van der Waals surface area contributed by atoms with E-state index in [2.05, 4.69) is 73.7 Å². The Bertz CT molecular complexity index is 1060. The van der Waals surface area contributed by atoms with Crippen molar-refractivity contribution in [2.24, 2.45) is 0 Å². The Kier molecular flexibility index (Phi) is 4.71. The Morgan fingerprint density at radius 1 is 0.893 bits per heavy atom. The fourth-order valence-corrected chi connectivity index (χ4v) is 4.35. The van der Waals surface area contributed by atoms with Crippen molar-refractivity contribution in [2.45, 2.75) is 25.9 Å². The lowest BCUT2D eigenvalue weighted by molar-refractivity contribution is 0.324. The van der Waals surface area contributed by atoms with Crippen LogP contribution in [0.25, 0.3) is 22.0 Å². The van der Waals surface area contributed by atoms with Gasteiger partial charge in [-0.15, -0.1) is 0 Å². The number of rotatable bonds is 6. The summed E-state index contributed by atoms with van der Waals surface area (Å²) >= 11 is 0. The summed E-state index contributed by atoms with van der Waals surface area (Å²) in [5, 5.41) is 1.34. The second-order valence-electron chi connectivity index (χ2n) is 7.73. The first kappa shape index (κ1) is 17.3. The van der Waals surface area contributed by atoms with Crippen LogP contribution in [-0.4, -0.2) is 38.7 Å². The molecule has 0 spiro atoms. The van der Waals surface area contributed by atoms with Gasteiger partial charge in [0.05, 0.1) is 6.33 Å². The minimum absolute atomic E-state index is 0.848. The maximum Gasteiger partial charge on any atom is 0.0949 e. The Morgan fingerprint density at radius 2 is 1.79 bits per heavy atom. The smallest absolute Gasteiger partial charge is 0.0949 e. The minimum atomic E-state index is 0.848. The molecular formula is C24H26N4. The predicted molar refractivity (Wildman–Crippen MR) is 114 cm³/mol. The van der Waals surface area contributed by atoms with Gasteiger partial charge in [0.1, 0.15) is 0 Å².